The lowest BCUT2D eigenvalue weighted by atomic mass is 10.1. The average molecular weight is 286 g/mol. The van der Waals surface area contributed by atoms with Gasteiger partial charge in [0.15, 0.2) is 0 Å². The Hall–Kier alpha value is -2.18. The highest BCUT2D eigenvalue weighted by atomic mass is 16.3. The molecule has 0 bridgehead atoms. The number of aromatic nitrogens is 2. The quantitative estimate of drug-likeness (QED) is 0.750. The fourth-order valence-corrected chi connectivity index (χ4v) is 2.71. The van der Waals surface area contributed by atoms with Crippen molar-refractivity contribution in [2.45, 2.75) is 25.1 Å². The Morgan fingerprint density at radius 1 is 1.48 bits per heavy atom. The topological polar surface area (TPSA) is 93.2 Å². The van der Waals surface area contributed by atoms with Crippen LogP contribution in [0.15, 0.2) is 36.8 Å². The Balaban J connectivity index is 1.75. The number of amides is 1. The lowest BCUT2D eigenvalue weighted by molar-refractivity contribution is 0.0853. The highest BCUT2D eigenvalue weighted by Crippen LogP contribution is 2.31. The summed E-state index contributed by atoms with van der Waals surface area (Å²) in [6.07, 6.45) is 3.20. The van der Waals surface area contributed by atoms with Gasteiger partial charge in [0.2, 0.25) is 0 Å². The van der Waals surface area contributed by atoms with Gasteiger partial charge in [0, 0.05) is 25.7 Å². The molecule has 4 N–H and O–H groups in total. The van der Waals surface area contributed by atoms with Crippen LogP contribution < -0.4 is 11.1 Å². The summed E-state index contributed by atoms with van der Waals surface area (Å²) in [4.78, 5) is 16.3. The van der Waals surface area contributed by atoms with E-state index in [1.807, 2.05) is 24.3 Å². The Morgan fingerprint density at radius 2 is 2.29 bits per heavy atom. The summed E-state index contributed by atoms with van der Waals surface area (Å²) < 4.78 is 1.77. The molecule has 0 spiro atoms. The molecular weight excluding hydrogens is 268 g/mol. The average Bonchev–Trinajstić information content (AvgIpc) is 3.05. The van der Waals surface area contributed by atoms with Gasteiger partial charge in [-0.25, -0.2) is 4.98 Å². The van der Waals surface area contributed by atoms with Gasteiger partial charge < -0.3 is 20.7 Å². The maximum Gasteiger partial charge on any atom is 0.272 e. The molecule has 1 aliphatic carbocycles. The Morgan fingerprint density at radius 3 is 3.10 bits per heavy atom. The third-order valence-electron chi connectivity index (χ3n) is 3.74. The van der Waals surface area contributed by atoms with Crippen LogP contribution in [0.1, 0.15) is 27.7 Å². The van der Waals surface area contributed by atoms with Gasteiger partial charge in [-0.2, -0.15) is 0 Å². The molecule has 1 aromatic carbocycles. The second-order valence-electron chi connectivity index (χ2n) is 5.21. The van der Waals surface area contributed by atoms with Crippen molar-refractivity contribution in [3.8, 4) is 0 Å². The summed E-state index contributed by atoms with van der Waals surface area (Å²) in [5, 5.41) is 13.0. The van der Waals surface area contributed by atoms with Crippen molar-refractivity contribution in [1.29, 1.82) is 0 Å². The second-order valence-corrected chi connectivity index (χ2v) is 5.21. The number of nitrogens with one attached hydrogen (secondary N) is 1. The van der Waals surface area contributed by atoms with Gasteiger partial charge in [-0.1, -0.05) is 24.3 Å². The number of nitrogens with zero attached hydrogens (tertiary/aromatic N) is 2. The molecule has 1 aromatic heterocycles. The van der Waals surface area contributed by atoms with E-state index in [1.54, 1.807) is 17.1 Å². The number of imidazole rings is 1. The minimum atomic E-state index is -0.600. The van der Waals surface area contributed by atoms with E-state index in [2.05, 4.69) is 10.3 Å². The van der Waals surface area contributed by atoms with Crippen LogP contribution in [0.4, 0.5) is 0 Å². The fourth-order valence-electron chi connectivity index (χ4n) is 2.71. The first-order valence-electron chi connectivity index (χ1n) is 6.97. The van der Waals surface area contributed by atoms with Gasteiger partial charge in [0.1, 0.15) is 5.69 Å². The predicted molar refractivity (Wildman–Crippen MR) is 77.6 cm³/mol. The van der Waals surface area contributed by atoms with Gasteiger partial charge >= 0.3 is 0 Å². The van der Waals surface area contributed by atoms with Crippen LogP contribution in [-0.2, 0) is 13.0 Å². The number of hydrogen-bond acceptors (Lipinski definition) is 4. The van der Waals surface area contributed by atoms with E-state index in [9.17, 15) is 9.90 Å². The van der Waals surface area contributed by atoms with Gasteiger partial charge in [-0.05, 0) is 11.1 Å². The molecule has 0 fully saturated rings. The SMILES string of the molecule is NCCn1cnc(C(=O)N[C@@H]2c3ccccc3C[C@@H]2O)c1. The van der Waals surface area contributed by atoms with Crippen LogP contribution in [0.5, 0.6) is 0 Å². The number of carbonyl (C=O) groups is 1. The molecule has 2 atom stereocenters. The molecular formula is C15H18N4O2. The minimum absolute atomic E-state index is 0.286. The molecule has 2 aromatic rings. The first kappa shape index (κ1) is 13.8. The molecule has 21 heavy (non-hydrogen) atoms. The molecule has 3 rings (SSSR count). The van der Waals surface area contributed by atoms with Crippen LogP contribution in [0.25, 0.3) is 0 Å². The van der Waals surface area contributed by atoms with Gasteiger partial charge in [0.05, 0.1) is 18.5 Å². The molecule has 1 aliphatic rings. The van der Waals surface area contributed by atoms with E-state index >= 15 is 0 Å². The maximum atomic E-state index is 12.2. The Kier molecular flexibility index (Phi) is 3.72. The summed E-state index contributed by atoms with van der Waals surface area (Å²) >= 11 is 0. The van der Waals surface area contributed by atoms with E-state index in [0.29, 0.717) is 25.2 Å². The largest absolute Gasteiger partial charge is 0.390 e. The number of benzene rings is 1. The predicted octanol–water partition coefficient (Wildman–Crippen LogP) is 0.230. The lowest BCUT2D eigenvalue weighted by Crippen LogP contribution is -2.34. The maximum absolute atomic E-state index is 12.2. The molecule has 0 unspecified atom stereocenters. The molecule has 0 radical (unpaired) electrons. The van der Waals surface area contributed by atoms with E-state index in [0.717, 1.165) is 11.1 Å². The van der Waals surface area contributed by atoms with Gasteiger partial charge in [0.25, 0.3) is 5.91 Å². The number of fused-ring (bicyclic) bond motifs is 1. The number of rotatable bonds is 4. The van der Waals surface area contributed by atoms with Crippen LogP contribution >= 0.6 is 0 Å². The van der Waals surface area contributed by atoms with Crippen molar-refractivity contribution in [3.05, 3.63) is 53.6 Å². The summed E-state index contributed by atoms with van der Waals surface area (Å²) in [6, 6.07) is 7.37. The standard InChI is InChI=1S/C15H18N4O2/c16-5-6-19-8-12(17-9-19)15(21)18-14-11-4-2-1-3-10(11)7-13(14)20/h1-4,8-9,13-14,20H,5-7,16H2,(H,18,21)/t13-,14+/m0/s1. The minimum Gasteiger partial charge on any atom is -0.390 e. The third kappa shape index (κ3) is 2.68. The summed E-state index contributed by atoms with van der Waals surface area (Å²) in [6.45, 7) is 1.11. The molecule has 1 heterocycles. The molecule has 0 saturated heterocycles. The van der Waals surface area contributed by atoms with Gasteiger partial charge in [-0.15, -0.1) is 0 Å². The first-order chi connectivity index (χ1) is 10.2. The summed E-state index contributed by atoms with van der Waals surface area (Å²) in [7, 11) is 0. The monoisotopic (exact) mass is 286 g/mol. The van der Waals surface area contributed by atoms with E-state index in [1.165, 1.54) is 0 Å². The van der Waals surface area contributed by atoms with Crippen molar-refractivity contribution in [2.24, 2.45) is 5.73 Å². The van der Waals surface area contributed by atoms with Crippen molar-refractivity contribution in [1.82, 2.24) is 14.9 Å². The van der Waals surface area contributed by atoms with E-state index in [-0.39, 0.29) is 11.9 Å². The molecule has 6 heteroatoms. The number of nitrogens with two attached hydrogens (primary N) is 1. The van der Waals surface area contributed by atoms with E-state index in [4.69, 9.17) is 5.73 Å². The zero-order valence-electron chi connectivity index (χ0n) is 11.6. The van der Waals surface area contributed by atoms with Crippen LogP contribution in [0, 0.1) is 0 Å². The first-order valence-corrected chi connectivity index (χ1v) is 6.97. The highest BCUT2D eigenvalue weighted by molar-refractivity contribution is 5.92. The highest BCUT2D eigenvalue weighted by Gasteiger charge is 2.32. The second kappa shape index (κ2) is 5.67. The smallest absolute Gasteiger partial charge is 0.272 e. The normalized spacial score (nSPS) is 20.3. The fraction of sp³-hybridized carbons (Fsp3) is 0.333. The van der Waals surface area contributed by atoms with Crippen molar-refractivity contribution >= 4 is 5.91 Å². The number of carbonyl (C=O) groups excluding carboxylic acids is 1. The zero-order chi connectivity index (χ0) is 14.8. The van der Waals surface area contributed by atoms with E-state index < -0.39 is 6.10 Å². The number of aliphatic hydroxyl groups is 1. The summed E-state index contributed by atoms with van der Waals surface area (Å²) in [5.74, 6) is -0.286. The van der Waals surface area contributed by atoms with Crippen molar-refractivity contribution in [3.63, 3.8) is 0 Å². The Labute approximate surface area is 122 Å². The van der Waals surface area contributed by atoms with Crippen LogP contribution in [0.2, 0.25) is 0 Å². The zero-order valence-corrected chi connectivity index (χ0v) is 11.6. The van der Waals surface area contributed by atoms with Gasteiger partial charge in [-0.3, -0.25) is 4.79 Å². The molecule has 6 nitrogen and oxygen atoms in total. The van der Waals surface area contributed by atoms with Crippen molar-refractivity contribution < 1.29 is 9.90 Å². The molecule has 0 aliphatic heterocycles. The van der Waals surface area contributed by atoms with Crippen LogP contribution in [0.3, 0.4) is 0 Å². The Bertz CT molecular complexity index is 653. The summed E-state index contributed by atoms with van der Waals surface area (Å²) in [5.41, 5.74) is 7.85. The number of hydrogen-bond donors (Lipinski definition) is 3. The number of aliphatic hydroxyl groups excluding tert-OH is 1. The molecule has 110 valence electrons. The third-order valence-corrected chi connectivity index (χ3v) is 3.74. The van der Waals surface area contributed by atoms with Crippen molar-refractivity contribution in [2.75, 3.05) is 6.54 Å². The molecule has 1 amide bonds. The van der Waals surface area contributed by atoms with Crippen LogP contribution in [-0.4, -0.2) is 33.2 Å². The molecule has 0 saturated carbocycles. The lowest BCUT2D eigenvalue weighted by Gasteiger charge is -2.17.